The lowest BCUT2D eigenvalue weighted by Crippen LogP contribution is -2.49. The van der Waals surface area contributed by atoms with Crippen LogP contribution in [0.15, 0.2) is 59.8 Å². The molecule has 3 aromatic rings. The van der Waals surface area contributed by atoms with Gasteiger partial charge >= 0.3 is 6.18 Å². The van der Waals surface area contributed by atoms with Crippen LogP contribution in [-0.2, 0) is 16.2 Å². The summed E-state index contributed by atoms with van der Waals surface area (Å²) >= 11 is 0. The van der Waals surface area contributed by atoms with Crippen molar-refractivity contribution in [1.82, 2.24) is 14.3 Å². The maximum atomic E-state index is 13.6. The molecule has 2 heterocycles. The third-order valence-electron chi connectivity index (χ3n) is 5.48. The van der Waals surface area contributed by atoms with Gasteiger partial charge in [-0.05, 0) is 42.5 Å². The number of hydrogen-bond acceptors (Lipinski definition) is 6. The van der Waals surface area contributed by atoms with Crippen molar-refractivity contribution in [1.29, 1.82) is 0 Å². The van der Waals surface area contributed by atoms with Gasteiger partial charge in [-0.1, -0.05) is 0 Å². The third kappa shape index (κ3) is 4.82. The van der Waals surface area contributed by atoms with Crippen LogP contribution in [0.1, 0.15) is 5.56 Å². The van der Waals surface area contributed by atoms with E-state index in [0.717, 1.165) is 15.9 Å². The molecule has 12 heteroatoms. The molecule has 0 saturated carbocycles. The van der Waals surface area contributed by atoms with E-state index in [4.69, 9.17) is 4.74 Å². The van der Waals surface area contributed by atoms with Crippen molar-refractivity contribution in [2.45, 2.75) is 11.1 Å². The normalized spacial score (nSPS) is 15.4. The summed E-state index contributed by atoms with van der Waals surface area (Å²) in [5, 5.41) is 0. The van der Waals surface area contributed by atoms with Crippen LogP contribution in [0.3, 0.4) is 0 Å². The van der Waals surface area contributed by atoms with Crippen molar-refractivity contribution in [3.05, 3.63) is 66.2 Å². The highest BCUT2D eigenvalue weighted by atomic mass is 32.2. The van der Waals surface area contributed by atoms with Gasteiger partial charge in [0.1, 0.15) is 23.7 Å². The molecule has 0 unspecified atom stereocenters. The van der Waals surface area contributed by atoms with Gasteiger partial charge in [-0.3, -0.25) is 0 Å². The number of piperazine rings is 1. The number of nitrogens with zero attached hydrogens (tertiary/aromatic N) is 4. The number of aromatic nitrogens is 2. The molecule has 0 spiro atoms. The molecule has 180 valence electrons. The zero-order valence-corrected chi connectivity index (χ0v) is 18.8. The van der Waals surface area contributed by atoms with Gasteiger partial charge in [-0.2, -0.15) is 17.5 Å². The molecular weight excluding hydrogens is 476 g/mol. The van der Waals surface area contributed by atoms with E-state index >= 15 is 0 Å². The Bertz CT molecular complexity index is 1280. The number of sulfonamides is 1. The van der Waals surface area contributed by atoms with Crippen LogP contribution >= 0.6 is 0 Å². The summed E-state index contributed by atoms with van der Waals surface area (Å²) in [7, 11) is -2.66. The van der Waals surface area contributed by atoms with E-state index in [9.17, 15) is 26.0 Å². The Morgan fingerprint density at radius 1 is 0.941 bits per heavy atom. The Labute approximate surface area is 193 Å². The van der Waals surface area contributed by atoms with Crippen LogP contribution in [-0.4, -0.2) is 56.0 Å². The van der Waals surface area contributed by atoms with E-state index in [1.165, 1.54) is 6.33 Å². The van der Waals surface area contributed by atoms with Gasteiger partial charge in [0.25, 0.3) is 0 Å². The Morgan fingerprint density at radius 2 is 1.62 bits per heavy atom. The predicted molar refractivity (Wildman–Crippen MR) is 116 cm³/mol. The van der Waals surface area contributed by atoms with Crippen molar-refractivity contribution < 1.29 is 30.7 Å². The second-order valence-corrected chi connectivity index (χ2v) is 9.46. The number of halogens is 4. The van der Waals surface area contributed by atoms with Crippen molar-refractivity contribution in [3.8, 4) is 17.0 Å². The van der Waals surface area contributed by atoms with Crippen LogP contribution < -0.4 is 9.64 Å². The fourth-order valence-electron chi connectivity index (χ4n) is 3.63. The van der Waals surface area contributed by atoms with Crippen LogP contribution in [0, 0.1) is 5.82 Å². The smallest absolute Gasteiger partial charge is 0.419 e. The molecule has 0 aliphatic carbocycles. The summed E-state index contributed by atoms with van der Waals surface area (Å²) in [6.45, 7) is 0.600. The minimum atomic E-state index is -5.00. The van der Waals surface area contributed by atoms with Crippen LogP contribution in [0.2, 0.25) is 0 Å². The second kappa shape index (κ2) is 9.18. The first-order chi connectivity index (χ1) is 16.1. The summed E-state index contributed by atoms with van der Waals surface area (Å²) in [4.78, 5) is 9.82. The first-order valence-corrected chi connectivity index (χ1v) is 11.6. The van der Waals surface area contributed by atoms with Crippen LogP contribution in [0.25, 0.3) is 11.3 Å². The summed E-state index contributed by atoms with van der Waals surface area (Å²) in [5.74, 6) is -0.217. The average Bonchev–Trinajstić information content (AvgIpc) is 2.83. The van der Waals surface area contributed by atoms with Crippen molar-refractivity contribution >= 4 is 15.8 Å². The number of rotatable bonds is 5. The first-order valence-electron chi connectivity index (χ1n) is 10.2. The molecule has 0 N–H and O–H groups in total. The molecule has 34 heavy (non-hydrogen) atoms. The lowest BCUT2D eigenvalue weighted by Gasteiger charge is -2.34. The van der Waals surface area contributed by atoms with Crippen LogP contribution in [0.5, 0.6) is 5.75 Å². The molecule has 0 radical (unpaired) electrons. The second-order valence-electron chi connectivity index (χ2n) is 7.52. The fraction of sp³-hybridized carbons (Fsp3) is 0.273. The van der Waals surface area contributed by atoms with E-state index in [2.05, 4.69) is 9.97 Å². The number of methoxy groups -OCH3 is 1. The summed E-state index contributed by atoms with van der Waals surface area (Å²) < 4.78 is 84.7. The zero-order valence-electron chi connectivity index (χ0n) is 18.0. The minimum absolute atomic E-state index is 0.0307. The van der Waals surface area contributed by atoms with Gasteiger partial charge in [0.05, 0.1) is 23.3 Å². The first kappa shape index (κ1) is 23.9. The number of anilines is 1. The Hall–Kier alpha value is -3.25. The summed E-state index contributed by atoms with van der Waals surface area (Å²) in [5.41, 5.74) is -0.0876. The SMILES string of the molecule is COc1ccc(-c2cc(N3CCN(S(=O)(=O)c4ccc(F)c(C(F)(F)F)c4)CC3)ncn2)cc1. The molecule has 1 aromatic heterocycles. The van der Waals surface area contributed by atoms with Crippen molar-refractivity contribution in [2.24, 2.45) is 0 Å². The van der Waals surface area contributed by atoms with Gasteiger partial charge in [0, 0.05) is 37.8 Å². The highest BCUT2D eigenvalue weighted by Gasteiger charge is 2.37. The molecule has 1 aliphatic heterocycles. The lowest BCUT2D eigenvalue weighted by molar-refractivity contribution is -0.140. The number of alkyl halides is 3. The molecule has 1 fully saturated rings. The Balaban J connectivity index is 1.49. The summed E-state index contributed by atoms with van der Waals surface area (Å²) in [6.07, 6.45) is -3.59. The number of benzene rings is 2. The maximum Gasteiger partial charge on any atom is 0.419 e. The molecule has 0 bridgehead atoms. The molecule has 7 nitrogen and oxygen atoms in total. The Morgan fingerprint density at radius 3 is 2.24 bits per heavy atom. The standard InChI is InChI=1S/C22H20F4N4O3S/c1-33-16-4-2-15(3-5-16)20-13-21(28-14-27-20)29-8-10-30(11-9-29)34(31,32)17-6-7-19(23)18(12-17)22(24,25)26/h2-7,12-14H,8-11H2,1H3. The predicted octanol–water partition coefficient (Wildman–Crippen LogP) is 3.82. The molecular formula is C22H20F4N4O3S. The summed E-state index contributed by atoms with van der Waals surface area (Å²) in [6, 6.07) is 10.8. The van der Waals surface area contributed by atoms with E-state index in [0.29, 0.717) is 29.4 Å². The molecule has 1 saturated heterocycles. The minimum Gasteiger partial charge on any atom is -0.497 e. The van der Waals surface area contributed by atoms with Gasteiger partial charge in [0.15, 0.2) is 0 Å². The van der Waals surface area contributed by atoms with Crippen molar-refractivity contribution in [3.63, 3.8) is 0 Å². The molecule has 0 amide bonds. The number of ether oxygens (including phenoxy) is 1. The number of hydrogen-bond donors (Lipinski definition) is 0. The molecule has 2 aromatic carbocycles. The largest absolute Gasteiger partial charge is 0.497 e. The average molecular weight is 496 g/mol. The molecule has 0 atom stereocenters. The van der Waals surface area contributed by atoms with Gasteiger partial charge < -0.3 is 9.64 Å². The molecule has 1 aliphatic rings. The fourth-order valence-corrected chi connectivity index (χ4v) is 5.08. The van der Waals surface area contributed by atoms with Crippen LogP contribution in [0.4, 0.5) is 23.4 Å². The highest BCUT2D eigenvalue weighted by Crippen LogP contribution is 2.33. The lowest BCUT2D eigenvalue weighted by atomic mass is 10.1. The highest BCUT2D eigenvalue weighted by molar-refractivity contribution is 7.89. The van der Waals surface area contributed by atoms with E-state index < -0.39 is 32.5 Å². The quantitative estimate of drug-likeness (QED) is 0.500. The van der Waals surface area contributed by atoms with Crippen molar-refractivity contribution in [2.75, 3.05) is 38.2 Å². The maximum absolute atomic E-state index is 13.6. The van der Waals surface area contributed by atoms with Gasteiger partial charge in [-0.15, -0.1) is 0 Å². The monoisotopic (exact) mass is 496 g/mol. The third-order valence-corrected chi connectivity index (χ3v) is 7.38. The topological polar surface area (TPSA) is 75.6 Å². The zero-order chi connectivity index (χ0) is 24.5. The Kier molecular flexibility index (Phi) is 6.45. The molecule has 4 rings (SSSR count). The van der Waals surface area contributed by atoms with E-state index in [1.54, 1.807) is 25.3 Å². The van der Waals surface area contributed by atoms with Gasteiger partial charge in [-0.25, -0.2) is 22.8 Å². The van der Waals surface area contributed by atoms with Gasteiger partial charge in [0.2, 0.25) is 10.0 Å². The van der Waals surface area contributed by atoms with E-state index in [-0.39, 0.29) is 26.2 Å². The van der Waals surface area contributed by atoms with E-state index in [1.807, 2.05) is 17.0 Å².